The lowest BCUT2D eigenvalue weighted by Crippen LogP contribution is -2.17. The molecule has 0 unspecified atom stereocenters. The van der Waals surface area contributed by atoms with Gasteiger partial charge in [0.25, 0.3) is 0 Å². The normalized spacial score (nSPS) is 11.4. The molecule has 2 rings (SSSR count). The van der Waals surface area contributed by atoms with Crippen molar-refractivity contribution in [2.24, 2.45) is 5.92 Å². The average Bonchev–Trinajstić information content (AvgIpc) is 2.53. The number of carbonyl (C=O) groups is 1. The van der Waals surface area contributed by atoms with E-state index >= 15 is 0 Å². The highest BCUT2D eigenvalue weighted by Crippen LogP contribution is 2.32. The second-order valence-corrected chi connectivity index (χ2v) is 5.73. The molecule has 0 bridgehead atoms. The van der Waals surface area contributed by atoms with Gasteiger partial charge in [0, 0.05) is 23.8 Å². The summed E-state index contributed by atoms with van der Waals surface area (Å²) >= 11 is 0. The summed E-state index contributed by atoms with van der Waals surface area (Å²) in [6.45, 7) is 3.65. The van der Waals surface area contributed by atoms with Crippen LogP contribution in [0.15, 0.2) is 48.5 Å². The number of hydrogen-bond acceptors (Lipinski definition) is 2. The van der Waals surface area contributed by atoms with Gasteiger partial charge in [-0.05, 0) is 35.9 Å². The Hall–Kier alpha value is -2.50. The van der Waals surface area contributed by atoms with Gasteiger partial charge in [-0.15, -0.1) is 0 Å². The Bertz CT molecular complexity index is 694. The molecular weight excluding hydrogens is 317 g/mol. The lowest BCUT2D eigenvalue weighted by Gasteiger charge is -2.14. The zero-order chi connectivity index (χ0) is 17.7. The summed E-state index contributed by atoms with van der Waals surface area (Å²) in [5.74, 6) is -0.212. The number of amides is 1. The van der Waals surface area contributed by atoms with Crippen molar-refractivity contribution in [1.82, 2.24) is 0 Å². The van der Waals surface area contributed by atoms with Crippen molar-refractivity contribution >= 4 is 17.3 Å². The summed E-state index contributed by atoms with van der Waals surface area (Å²) in [5.41, 5.74) is 0.866. The number of alkyl halides is 3. The van der Waals surface area contributed by atoms with E-state index < -0.39 is 11.7 Å². The van der Waals surface area contributed by atoms with E-state index in [1.54, 1.807) is 44.2 Å². The van der Waals surface area contributed by atoms with Crippen LogP contribution in [0.25, 0.3) is 0 Å². The maximum atomic E-state index is 12.9. The standard InChI is InChI=1S/C18H19F3N2O/c1-12(2)17(24)23-15-9-7-14(8-10-15)22-11-13-5-3-4-6-16(13)18(19,20)21/h3-10,12,22H,11H2,1-2H3,(H,23,24). The molecule has 0 radical (unpaired) electrons. The first-order valence-electron chi connectivity index (χ1n) is 7.57. The highest BCUT2D eigenvalue weighted by molar-refractivity contribution is 5.92. The predicted molar refractivity (Wildman–Crippen MR) is 88.7 cm³/mol. The second-order valence-electron chi connectivity index (χ2n) is 5.73. The minimum atomic E-state index is -4.37. The van der Waals surface area contributed by atoms with Crippen LogP contribution in [0.2, 0.25) is 0 Å². The zero-order valence-corrected chi connectivity index (χ0v) is 13.4. The number of anilines is 2. The minimum absolute atomic E-state index is 0.0629. The van der Waals surface area contributed by atoms with E-state index in [-0.39, 0.29) is 23.9 Å². The SMILES string of the molecule is CC(C)C(=O)Nc1ccc(NCc2ccccc2C(F)(F)F)cc1. The van der Waals surface area contributed by atoms with Gasteiger partial charge < -0.3 is 10.6 Å². The van der Waals surface area contributed by atoms with Gasteiger partial charge in [0.1, 0.15) is 0 Å². The maximum Gasteiger partial charge on any atom is 0.416 e. The van der Waals surface area contributed by atoms with E-state index in [4.69, 9.17) is 0 Å². The number of rotatable bonds is 5. The number of carbonyl (C=O) groups excluding carboxylic acids is 1. The van der Waals surface area contributed by atoms with Crippen LogP contribution in [0.4, 0.5) is 24.5 Å². The Morgan fingerprint density at radius 2 is 1.58 bits per heavy atom. The van der Waals surface area contributed by atoms with Crippen LogP contribution < -0.4 is 10.6 Å². The lowest BCUT2D eigenvalue weighted by molar-refractivity contribution is -0.138. The van der Waals surface area contributed by atoms with Crippen molar-refractivity contribution in [3.8, 4) is 0 Å². The molecule has 0 aromatic heterocycles. The molecule has 0 fully saturated rings. The second kappa shape index (κ2) is 7.38. The van der Waals surface area contributed by atoms with Gasteiger partial charge in [0.15, 0.2) is 0 Å². The van der Waals surface area contributed by atoms with Gasteiger partial charge in [-0.1, -0.05) is 32.0 Å². The fourth-order valence-electron chi connectivity index (χ4n) is 2.11. The zero-order valence-electron chi connectivity index (χ0n) is 13.4. The Kier molecular flexibility index (Phi) is 5.49. The Morgan fingerprint density at radius 1 is 1.00 bits per heavy atom. The van der Waals surface area contributed by atoms with Gasteiger partial charge in [-0.3, -0.25) is 4.79 Å². The molecule has 2 aromatic rings. The number of halogens is 3. The molecule has 128 valence electrons. The largest absolute Gasteiger partial charge is 0.416 e. The molecule has 0 heterocycles. The van der Waals surface area contributed by atoms with Gasteiger partial charge in [-0.2, -0.15) is 13.2 Å². The molecule has 1 amide bonds. The fraction of sp³-hybridized carbons (Fsp3) is 0.278. The molecular formula is C18H19F3N2O. The number of nitrogens with one attached hydrogen (secondary N) is 2. The molecule has 0 atom stereocenters. The molecule has 3 nitrogen and oxygen atoms in total. The average molecular weight is 336 g/mol. The first kappa shape index (κ1) is 17.8. The molecule has 0 aliphatic heterocycles. The minimum Gasteiger partial charge on any atom is -0.381 e. The molecule has 6 heteroatoms. The van der Waals surface area contributed by atoms with Crippen molar-refractivity contribution in [2.45, 2.75) is 26.6 Å². The van der Waals surface area contributed by atoms with Crippen molar-refractivity contribution in [2.75, 3.05) is 10.6 Å². The Balaban J connectivity index is 2.02. The Labute approximate surface area is 138 Å². The lowest BCUT2D eigenvalue weighted by atomic mass is 10.1. The van der Waals surface area contributed by atoms with Gasteiger partial charge in [0.2, 0.25) is 5.91 Å². The predicted octanol–water partition coefficient (Wildman–Crippen LogP) is 4.91. The van der Waals surface area contributed by atoms with Crippen LogP contribution in [0.1, 0.15) is 25.0 Å². The van der Waals surface area contributed by atoms with E-state index in [1.165, 1.54) is 12.1 Å². The number of hydrogen-bond donors (Lipinski definition) is 2. The van der Waals surface area contributed by atoms with Crippen molar-refractivity contribution in [3.63, 3.8) is 0 Å². The summed E-state index contributed by atoms with van der Waals surface area (Å²) in [4.78, 5) is 11.6. The molecule has 24 heavy (non-hydrogen) atoms. The van der Waals surface area contributed by atoms with E-state index in [9.17, 15) is 18.0 Å². The van der Waals surface area contributed by atoms with Crippen LogP contribution in [0.5, 0.6) is 0 Å². The van der Waals surface area contributed by atoms with Gasteiger partial charge >= 0.3 is 6.18 Å². The third kappa shape index (κ3) is 4.75. The van der Waals surface area contributed by atoms with E-state index in [0.29, 0.717) is 11.4 Å². The first-order valence-corrected chi connectivity index (χ1v) is 7.57. The van der Waals surface area contributed by atoms with Crippen LogP contribution in [0.3, 0.4) is 0 Å². The van der Waals surface area contributed by atoms with Crippen LogP contribution >= 0.6 is 0 Å². The summed E-state index contributed by atoms with van der Waals surface area (Å²) in [5, 5.41) is 5.72. The topological polar surface area (TPSA) is 41.1 Å². The Morgan fingerprint density at radius 3 is 2.17 bits per heavy atom. The van der Waals surface area contributed by atoms with Crippen LogP contribution in [-0.2, 0) is 17.5 Å². The first-order chi connectivity index (χ1) is 11.3. The summed E-state index contributed by atoms with van der Waals surface area (Å²) in [6.07, 6.45) is -4.37. The molecule has 2 N–H and O–H groups in total. The summed E-state index contributed by atoms with van der Waals surface area (Å²) < 4.78 is 38.8. The molecule has 0 spiro atoms. The molecule has 2 aromatic carbocycles. The number of benzene rings is 2. The fourth-order valence-corrected chi connectivity index (χ4v) is 2.11. The summed E-state index contributed by atoms with van der Waals surface area (Å²) in [6, 6.07) is 12.3. The van der Waals surface area contributed by atoms with Crippen LogP contribution in [0, 0.1) is 5.92 Å². The monoisotopic (exact) mass is 336 g/mol. The van der Waals surface area contributed by atoms with Crippen molar-refractivity contribution < 1.29 is 18.0 Å². The molecule has 0 aliphatic carbocycles. The molecule has 0 saturated carbocycles. The van der Waals surface area contributed by atoms with Gasteiger partial charge in [0.05, 0.1) is 5.56 Å². The van der Waals surface area contributed by atoms with E-state index in [0.717, 1.165) is 6.07 Å². The highest BCUT2D eigenvalue weighted by Gasteiger charge is 2.32. The summed E-state index contributed by atoms with van der Waals surface area (Å²) in [7, 11) is 0. The highest BCUT2D eigenvalue weighted by atomic mass is 19.4. The third-order valence-corrected chi connectivity index (χ3v) is 3.48. The maximum absolute atomic E-state index is 12.9. The van der Waals surface area contributed by atoms with Crippen LogP contribution in [-0.4, -0.2) is 5.91 Å². The quantitative estimate of drug-likeness (QED) is 0.814. The van der Waals surface area contributed by atoms with E-state index in [2.05, 4.69) is 10.6 Å². The smallest absolute Gasteiger partial charge is 0.381 e. The van der Waals surface area contributed by atoms with E-state index in [1.807, 2.05) is 0 Å². The third-order valence-electron chi connectivity index (χ3n) is 3.48. The van der Waals surface area contributed by atoms with Crippen molar-refractivity contribution in [1.29, 1.82) is 0 Å². The van der Waals surface area contributed by atoms with Crippen molar-refractivity contribution in [3.05, 3.63) is 59.7 Å². The van der Waals surface area contributed by atoms with Gasteiger partial charge in [-0.25, -0.2) is 0 Å². The molecule has 0 saturated heterocycles. The molecule has 0 aliphatic rings.